The Morgan fingerprint density at radius 3 is 3.08 bits per heavy atom. The molecule has 2 N–H and O–H groups in total. The highest BCUT2D eigenvalue weighted by Crippen LogP contribution is 2.15. The number of nitrogens with one attached hydrogen (secondary N) is 2. The Bertz CT molecular complexity index is 124. The van der Waals surface area contributed by atoms with Gasteiger partial charge in [-0.2, -0.15) is 0 Å². The zero-order chi connectivity index (χ0) is 8.93. The van der Waals surface area contributed by atoms with Crippen molar-refractivity contribution in [2.75, 3.05) is 32.8 Å². The first-order valence-electron chi connectivity index (χ1n) is 5.47. The van der Waals surface area contributed by atoms with Crippen LogP contribution in [-0.4, -0.2) is 38.9 Å². The Kier molecular flexibility index (Phi) is 3.58. The molecule has 0 bridgehead atoms. The predicted molar refractivity (Wildman–Crippen MR) is 52.8 cm³/mol. The van der Waals surface area contributed by atoms with E-state index >= 15 is 0 Å². The van der Waals surface area contributed by atoms with Gasteiger partial charge in [0.2, 0.25) is 0 Å². The second kappa shape index (κ2) is 4.94. The van der Waals surface area contributed by atoms with Gasteiger partial charge in [-0.05, 0) is 38.3 Å². The van der Waals surface area contributed by atoms with Crippen LogP contribution in [0.5, 0.6) is 0 Å². The van der Waals surface area contributed by atoms with E-state index in [0.717, 1.165) is 31.7 Å². The maximum atomic E-state index is 5.34. The number of rotatable bonds is 4. The van der Waals surface area contributed by atoms with Gasteiger partial charge in [0.1, 0.15) is 0 Å². The maximum Gasteiger partial charge on any atom is 0.0495 e. The summed E-state index contributed by atoms with van der Waals surface area (Å²) in [6.07, 6.45) is 3.85. The molecule has 2 atom stereocenters. The van der Waals surface area contributed by atoms with Crippen molar-refractivity contribution in [3.63, 3.8) is 0 Å². The molecule has 0 aromatic heterocycles. The molecular formula is C10H20N2O. The van der Waals surface area contributed by atoms with Gasteiger partial charge in [-0.1, -0.05) is 0 Å². The first-order chi connectivity index (χ1) is 6.45. The van der Waals surface area contributed by atoms with E-state index in [1.807, 2.05) is 0 Å². The van der Waals surface area contributed by atoms with Gasteiger partial charge in [0.05, 0.1) is 0 Å². The molecule has 2 fully saturated rings. The molecule has 2 aliphatic heterocycles. The number of hydrogen-bond donors (Lipinski definition) is 2. The maximum absolute atomic E-state index is 5.34. The zero-order valence-electron chi connectivity index (χ0n) is 8.22. The minimum absolute atomic E-state index is 0.724. The highest BCUT2D eigenvalue weighted by Gasteiger charge is 2.17. The number of ether oxygens (including phenoxy) is 1. The van der Waals surface area contributed by atoms with Crippen LogP contribution in [-0.2, 0) is 4.74 Å². The summed E-state index contributed by atoms with van der Waals surface area (Å²) in [5.74, 6) is 0.821. The van der Waals surface area contributed by atoms with E-state index in [1.54, 1.807) is 0 Å². The normalized spacial score (nSPS) is 34.2. The SMILES string of the molecule is C1CC(NCCC2CCOC2)CN1. The summed E-state index contributed by atoms with van der Waals surface area (Å²) < 4.78 is 5.34. The largest absolute Gasteiger partial charge is 0.381 e. The summed E-state index contributed by atoms with van der Waals surface area (Å²) >= 11 is 0. The monoisotopic (exact) mass is 184 g/mol. The highest BCUT2D eigenvalue weighted by molar-refractivity contribution is 4.77. The van der Waals surface area contributed by atoms with Crippen molar-refractivity contribution in [3.05, 3.63) is 0 Å². The fourth-order valence-corrected chi connectivity index (χ4v) is 2.13. The summed E-state index contributed by atoms with van der Waals surface area (Å²) in [6, 6.07) is 0.724. The van der Waals surface area contributed by atoms with Gasteiger partial charge in [0.25, 0.3) is 0 Å². The van der Waals surface area contributed by atoms with E-state index in [2.05, 4.69) is 10.6 Å². The molecule has 3 nitrogen and oxygen atoms in total. The molecule has 76 valence electrons. The second-order valence-electron chi connectivity index (χ2n) is 4.16. The number of hydrogen-bond acceptors (Lipinski definition) is 3. The molecule has 0 saturated carbocycles. The summed E-state index contributed by atoms with van der Waals surface area (Å²) in [5, 5.41) is 6.95. The van der Waals surface area contributed by atoms with Gasteiger partial charge in [0.15, 0.2) is 0 Å². The summed E-state index contributed by atoms with van der Waals surface area (Å²) in [7, 11) is 0. The lowest BCUT2D eigenvalue weighted by Crippen LogP contribution is -2.32. The molecular weight excluding hydrogens is 164 g/mol. The first kappa shape index (κ1) is 9.44. The third-order valence-electron chi connectivity index (χ3n) is 3.07. The van der Waals surface area contributed by atoms with Crippen LogP contribution in [0.4, 0.5) is 0 Å². The molecule has 2 saturated heterocycles. The van der Waals surface area contributed by atoms with Crippen LogP contribution in [0.1, 0.15) is 19.3 Å². The molecule has 0 radical (unpaired) electrons. The Labute approximate surface area is 80.2 Å². The third-order valence-corrected chi connectivity index (χ3v) is 3.07. The Morgan fingerprint density at radius 1 is 1.38 bits per heavy atom. The fourth-order valence-electron chi connectivity index (χ4n) is 2.13. The van der Waals surface area contributed by atoms with E-state index < -0.39 is 0 Å². The van der Waals surface area contributed by atoms with Gasteiger partial charge in [0, 0.05) is 25.8 Å². The van der Waals surface area contributed by atoms with Gasteiger partial charge in [-0.25, -0.2) is 0 Å². The Hall–Kier alpha value is -0.120. The van der Waals surface area contributed by atoms with Crippen molar-refractivity contribution >= 4 is 0 Å². The molecule has 13 heavy (non-hydrogen) atoms. The molecule has 0 amide bonds. The lowest BCUT2D eigenvalue weighted by Gasteiger charge is -2.12. The van der Waals surface area contributed by atoms with E-state index in [9.17, 15) is 0 Å². The summed E-state index contributed by atoms with van der Waals surface area (Å²) in [4.78, 5) is 0. The molecule has 2 rings (SSSR count). The Morgan fingerprint density at radius 2 is 2.38 bits per heavy atom. The van der Waals surface area contributed by atoms with Crippen molar-refractivity contribution in [1.29, 1.82) is 0 Å². The van der Waals surface area contributed by atoms with Crippen molar-refractivity contribution in [1.82, 2.24) is 10.6 Å². The van der Waals surface area contributed by atoms with E-state index in [0.29, 0.717) is 0 Å². The quantitative estimate of drug-likeness (QED) is 0.662. The molecule has 3 heteroatoms. The van der Waals surface area contributed by atoms with Crippen LogP contribution >= 0.6 is 0 Å². The predicted octanol–water partition coefficient (Wildman–Crippen LogP) is 0.365. The smallest absolute Gasteiger partial charge is 0.0495 e. The van der Waals surface area contributed by atoms with Crippen LogP contribution < -0.4 is 10.6 Å². The van der Waals surface area contributed by atoms with E-state index in [4.69, 9.17) is 4.74 Å². The molecule has 2 unspecified atom stereocenters. The average molecular weight is 184 g/mol. The standard InChI is InChI=1S/C10H20N2O/c1(9-3-6-13-8-9)5-12-10-2-4-11-7-10/h9-12H,1-8H2. The van der Waals surface area contributed by atoms with Gasteiger partial charge in [-0.3, -0.25) is 0 Å². The summed E-state index contributed by atoms with van der Waals surface area (Å²) in [6.45, 7) is 5.48. The Balaban J connectivity index is 1.52. The fraction of sp³-hybridized carbons (Fsp3) is 1.00. The third kappa shape index (κ3) is 2.93. The van der Waals surface area contributed by atoms with Crippen LogP contribution in [0.15, 0.2) is 0 Å². The lowest BCUT2D eigenvalue weighted by atomic mass is 10.1. The first-order valence-corrected chi connectivity index (χ1v) is 5.47. The van der Waals surface area contributed by atoms with Gasteiger partial charge < -0.3 is 15.4 Å². The van der Waals surface area contributed by atoms with Crippen molar-refractivity contribution in [3.8, 4) is 0 Å². The molecule has 0 aromatic carbocycles. The molecule has 0 aliphatic carbocycles. The molecule has 2 aliphatic rings. The molecule has 2 heterocycles. The topological polar surface area (TPSA) is 33.3 Å². The van der Waals surface area contributed by atoms with Crippen molar-refractivity contribution in [2.45, 2.75) is 25.3 Å². The minimum Gasteiger partial charge on any atom is -0.381 e. The zero-order valence-corrected chi connectivity index (χ0v) is 8.22. The van der Waals surface area contributed by atoms with Crippen LogP contribution in [0.2, 0.25) is 0 Å². The van der Waals surface area contributed by atoms with E-state index in [-0.39, 0.29) is 0 Å². The molecule has 0 aromatic rings. The van der Waals surface area contributed by atoms with Crippen molar-refractivity contribution in [2.24, 2.45) is 5.92 Å². The minimum atomic E-state index is 0.724. The average Bonchev–Trinajstić information content (AvgIpc) is 2.75. The van der Waals surface area contributed by atoms with Crippen LogP contribution in [0, 0.1) is 5.92 Å². The van der Waals surface area contributed by atoms with Crippen LogP contribution in [0.3, 0.4) is 0 Å². The highest BCUT2D eigenvalue weighted by atomic mass is 16.5. The summed E-state index contributed by atoms with van der Waals surface area (Å²) in [5.41, 5.74) is 0. The van der Waals surface area contributed by atoms with E-state index in [1.165, 1.54) is 32.4 Å². The lowest BCUT2D eigenvalue weighted by molar-refractivity contribution is 0.184. The van der Waals surface area contributed by atoms with Gasteiger partial charge >= 0.3 is 0 Å². The van der Waals surface area contributed by atoms with Crippen molar-refractivity contribution < 1.29 is 4.74 Å². The van der Waals surface area contributed by atoms with Crippen LogP contribution in [0.25, 0.3) is 0 Å². The molecule has 0 spiro atoms. The van der Waals surface area contributed by atoms with Gasteiger partial charge in [-0.15, -0.1) is 0 Å². The second-order valence-corrected chi connectivity index (χ2v) is 4.16.